The summed E-state index contributed by atoms with van der Waals surface area (Å²) >= 11 is 0. The van der Waals surface area contributed by atoms with Crippen LogP contribution in [0.5, 0.6) is 0 Å². The second kappa shape index (κ2) is 5.28. The number of rotatable bonds is 4. The molecule has 0 aromatic carbocycles. The summed E-state index contributed by atoms with van der Waals surface area (Å²) in [4.78, 5) is 14.4. The standard InChI is InChI=1S/C13H23NO2/c1-10(2)12-4-3-6-14(12)8-13(15)11-5-7-16-9-11/h10-12H,3-9H2,1-2H3. The third-order valence-electron chi connectivity index (χ3n) is 3.93. The fourth-order valence-electron chi connectivity index (χ4n) is 2.92. The van der Waals surface area contributed by atoms with Crippen molar-refractivity contribution in [2.24, 2.45) is 11.8 Å². The van der Waals surface area contributed by atoms with Crippen LogP contribution >= 0.6 is 0 Å². The van der Waals surface area contributed by atoms with Crippen molar-refractivity contribution in [1.82, 2.24) is 4.90 Å². The van der Waals surface area contributed by atoms with Gasteiger partial charge in [0.15, 0.2) is 5.78 Å². The molecule has 0 spiro atoms. The Kier molecular flexibility index (Phi) is 3.98. The summed E-state index contributed by atoms with van der Waals surface area (Å²) < 4.78 is 5.28. The van der Waals surface area contributed by atoms with Crippen LogP contribution in [0.2, 0.25) is 0 Å². The topological polar surface area (TPSA) is 29.5 Å². The number of Topliss-reactive ketones (excluding diaryl/α,β-unsaturated/α-hetero) is 1. The second-order valence-corrected chi connectivity index (χ2v) is 5.45. The predicted molar refractivity (Wildman–Crippen MR) is 63.4 cm³/mol. The van der Waals surface area contributed by atoms with Gasteiger partial charge in [0.05, 0.1) is 13.2 Å². The van der Waals surface area contributed by atoms with Crippen LogP contribution in [0.1, 0.15) is 33.1 Å². The summed E-state index contributed by atoms with van der Waals surface area (Å²) in [6.07, 6.45) is 3.43. The summed E-state index contributed by atoms with van der Waals surface area (Å²) in [6, 6.07) is 0.617. The minimum Gasteiger partial charge on any atom is -0.381 e. The van der Waals surface area contributed by atoms with Crippen LogP contribution in [0.4, 0.5) is 0 Å². The molecule has 92 valence electrons. The van der Waals surface area contributed by atoms with Crippen LogP contribution in [0.25, 0.3) is 0 Å². The first kappa shape index (κ1) is 12.1. The highest BCUT2D eigenvalue weighted by atomic mass is 16.5. The summed E-state index contributed by atoms with van der Waals surface area (Å²) in [5.74, 6) is 1.23. The van der Waals surface area contributed by atoms with E-state index in [9.17, 15) is 4.79 Å². The summed E-state index contributed by atoms with van der Waals surface area (Å²) in [7, 11) is 0. The van der Waals surface area contributed by atoms with Crippen LogP contribution in [-0.4, -0.2) is 43.0 Å². The minimum absolute atomic E-state index is 0.174. The van der Waals surface area contributed by atoms with Crippen molar-refractivity contribution in [1.29, 1.82) is 0 Å². The highest BCUT2D eigenvalue weighted by Crippen LogP contribution is 2.24. The monoisotopic (exact) mass is 225 g/mol. The van der Waals surface area contributed by atoms with Crippen LogP contribution in [0.3, 0.4) is 0 Å². The Hall–Kier alpha value is -0.410. The SMILES string of the molecule is CC(C)C1CCCN1CC(=O)C1CCOC1. The first-order chi connectivity index (χ1) is 7.68. The molecule has 0 saturated carbocycles. The van der Waals surface area contributed by atoms with E-state index in [-0.39, 0.29) is 5.92 Å². The fourth-order valence-corrected chi connectivity index (χ4v) is 2.92. The number of likely N-dealkylation sites (tertiary alicyclic amines) is 1. The van der Waals surface area contributed by atoms with Crippen LogP contribution in [-0.2, 0) is 9.53 Å². The maximum atomic E-state index is 12.0. The van der Waals surface area contributed by atoms with Gasteiger partial charge in [0.25, 0.3) is 0 Å². The molecular formula is C13H23NO2. The molecule has 3 heteroatoms. The Morgan fingerprint density at radius 2 is 2.25 bits per heavy atom. The number of hydrogen-bond donors (Lipinski definition) is 0. The molecule has 2 aliphatic heterocycles. The van der Waals surface area contributed by atoms with Gasteiger partial charge in [0.2, 0.25) is 0 Å². The number of hydrogen-bond acceptors (Lipinski definition) is 3. The Labute approximate surface area is 98.1 Å². The Morgan fingerprint density at radius 3 is 2.88 bits per heavy atom. The smallest absolute Gasteiger partial charge is 0.152 e. The van der Waals surface area contributed by atoms with E-state index in [0.29, 0.717) is 30.9 Å². The molecule has 0 aliphatic carbocycles. The average molecular weight is 225 g/mol. The maximum absolute atomic E-state index is 12.0. The van der Waals surface area contributed by atoms with Crippen molar-refractivity contribution in [3.63, 3.8) is 0 Å². The molecule has 0 radical (unpaired) electrons. The third kappa shape index (κ3) is 2.64. The molecule has 2 saturated heterocycles. The molecule has 2 heterocycles. The fraction of sp³-hybridized carbons (Fsp3) is 0.923. The third-order valence-corrected chi connectivity index (χ3v) is 3.93. The summed E-state index contributed by atoms with van der Waals surface area (Å²) in [6.45, 7) is 7.68. The first-order valence-corrected chi connectivity index (χ1v) is 6.53. The van der Waals surface area contributed by atoms with Crippen LogP contribution in [0.15, 0.2) is 0 Å². The van der Waals surface area contributed by atoms with E-state index in [2.05, 4.69) is 18.7 Å². The van der Waals surface area contributed by atoms with Gasteiger partial charge in [-0.2, -0.15) is 0 Å². The molecule has 2 rings (SSSR count). The zero-order valence-electron chi connectivity index (χ0n) is 10.4. The molecule has 2 fully saturated rings. The minimum atomic E-state index is 0.174. The van der Waals surface area contributed by atoms with Crippen molar-refractivity contribution < 1.29 is 9.53 Å². The first-order valence-electron chi connectivity index (χ1n) is 6.53. The quantitative estimate of drug-likeness (QED) is 0.729. The van der Waals surface area contributed by atoms with Crippen molar-refractivity contribution in [3.8, 4) is 0 Å². The van der Waals surface area contributed by atoms with Crippen molar-refractivity contribution in [2.75, 3.05) is 26.3 Å². The van der Waals surface area contributed by atoms with Gasteiger partial charge in [-0.05, 0) is 31.7 Å². The van der Waals surface area contributed by atoms with E-state index in [1.807, 2.05) is 0 Å². The maximum Gasteiger partial charge on any atom is 0.152 e. The van der Waals surface area contributed by atoms with E-state index in [0.717, 1.165) is 19.6 Å². The second-order valence-electron chi connectivity index (χ2n) is 5.45. The number of carbonyl (C=O) groups excluding carboxylic acids is 1. The Bertz CT molecular complexity index is 246. The van der Waals surface area contributed by atoms with Crippen LogP contribution in [0, 0.1) is 11.8 Å². The highest BCUT2D eigenvalue weighted by Gasteiger charge is 2.31. The molecular weight excluding hydrogens is 202 g/mol. The average Bonchev–Trinajstić information content (AvgIpc) is 2.86. The zero-order chi connectivity index (χ0) is 11.5. The number of ether oxygens (including phenoxy) is 1. The van der Waals surface area contributed by atoms with Crippen LogP contribution < -0.4 is 0 Å². The molecule has 2 atom stereocenters. The Morgan fingerprint density at radius 1 is 1.44 bits per heavy atom. The van der Waals surface area contributed by atoms with Gasteiger partial charge >= 0.3 is 0 Å². The molecule has 2 aliphatic rings. The van der Waals surface area contributed by atoms with Gasteiger partial charge < -0.3 is 4.74 Å². The van der Waals surface area contributed by atoms with E-state index >= 15 is 0 Å². The lowest BCUT2D eigenvalue weighted by molar-refractivity contribution is -0.124. The largest absolute Gasteiger partial charge is 0.381 e. The lowest BCUT2D eigenvalue weighted by atomic mass is 9.99. The van der Waals surface area contributed by atoms with E-state index in [1.165, 1.54) is 12.8 Å². The van der Waals surface area contributed by atoms with Gasteiger partial charge in [-0.25, -0.2) is 0 Å². The van der Waals surface area contributed by atoms with E-state index < -0.39 is 0 Å². The number of carbonyl (C=O) groups is 1. The Balaban J connectivity index is 1.85. The van der Waals surface area contributed by atoms with Gasteiger partial charge in [-0.1, -0.05) is 13.8 Å². The van der Waals surface area contributed by atoms with Gasteiger partial charge in [0, 0.05) is 18.6 Å². The molecule has 16 heavy (non-hydrogen) atoms. The summed E-state index contributed by atoms with van der Waals surface area (Å²) in [5.41, 5.74) is 0. The molecule has 0 N–H and O–H groups in total. The van der Waals surface area contributed by atoms with Gasteiger partial charge in [-0.3, -0.25) is 9.69 Å². The number of nitrogens with zero attached hydrogens (tertiary/aromatic N) is 1. The normalized spacial score (nSPS) is 31.4. The van der Waals surface area contributed by atoms with Crippen molar-refractivity contribution in [3.05, 3.63) is 0 Å². The lowest BCUT2D eigenvalue weighted by Crippen LogP contribution is -2.39. The van der Waals surface area contributed by atoms with Gasteiger partial charge in [0.1, 0.15) is 0 Å². The number of ketones is 1. The predicted octanol–water partition coefficient (Wildman–Crippen LogP) is 1.71. The molecule has 0 bridgehead atoms. The lowest BCUT2D eigenvalue weighted by Gasteiger charge is -2.27. The van der Waals surface area contributed by atoms with Gasteiger partial charge in [-0.15, -0.1) is 0 Å². The van der Waals surface area contributed by atoms with Crippen molar-refractivity contribution >= 4 is 5.78 Å². The molecule has 3 nitrogen and oxygen atoms in total. The van der Waals surface area contributed by atoms with E-state index in [4.69, 9.17) is 4.74 Å². The molecule has 2 unspecified atom stereocenters. The highest BCUT2D eigenvalue weighted by molar-refractivity contribution is 5.83. The van der Waals surface area contributed by atoms with Crippen molar-refractivity contribution in [2.45, 2.75) is 39.2 Å². The molecule has 0 amide bonds. The van der Waals surface area contributed by atoms with E-state index in [1.54, 1.807) is 0 Å². The summed E-state index contributed by atoms with van der Waals surface area (Å²) in [5, 5.41) is 0. The molecule has 0 aromatic heterocycles. The zero-order valence-corrected chi connectivity index (χ0v) is 10.4. The molecule has 0 aromatic rings.